The molecule has 0 aliphatic heterocycles. The second kappa shape index (κ2) is 6.33. The number of para-hydroxylation sites is 2. The third-order valence-electron chi connectivity index (χ3n) is 3.70. The van der Waals surface area contributed by atoms with Crippen molar-refractivity contribution >= 4 is 16.6 Å². The Balaban J connectivity index is 0.00000161. The van der Waals surface area contributed by atoms with E-state index in [0.717, 1.165) is 36.1 Å². The van der Waals surface area contributed by atoms with Gasteiger partial charge in [0.1, 0.15) is 5.52 Å². The Hall–Kier alpha value is -1.78. The summed E-state index contributed by atoms with van der Waals surface area (Å²) in [7, 11) is 4.27. The molecule has 3 rings (SSSR count). The number of rotatable bonds is 4. The molecular weight excluding hydrogens is 286 g/mol. The first-order chi connectivity index (χ1) is 9.68. The fraction of sp³-hybridized carbons (Fsp3) is 0.312. The quantitative estimate of drug-likeness (QED) is 0.582. The van der Waals surface area contributed by atoms with E-state index in [0.29, 0.717) is 0 Å². The van der Waals surface area contributed by atoms with Crippen LogP contribution in [-0.2, 0) is 6.54 Å². The lowest BCUT2D eigenvalue weighted by Gasteiger charge is -2.13. The maximum absolute atomic E-state index is 12.6. The molecule has 2 aromatic heterocycles. The van der Waals surface area contributed by atoms with Gasteiger partial charge < -0.3 is 26.3 Å². The van der Waals surface area contributed by atoms with E-state index < -0.39 is 0 Å². The van der Waals surface area contributed by atoms with Crippen LogP contribution >= 0.6 is 0 Å². The molecule has 1 aromatic carbocycles. The zero-order valence-corrected chi connectivity index (χ0v) is 13.1. The summed E-state index contributed by atoms with van der Waals surface area (Å²) in [6.45, 7) is 1.83. The monoisotopic (exact) mass is 305 g/mol. The third-order valence-corrected chi connectivity index (χ3v) is 3.70. The molecule has 21 heavy (non-hydrogen) atoms. The van der Waals surface area contributed by atoms with Crippen LogP contribution in [0.4, 0.5) is 0 Å². The Bertz CT molecular complexity index is 804. The van der Waals surface area contributed by atoms with E-state index in [4.69, 9.17) is 0 Å². The predicted molar refractivity (Wildman–Crippen MR) is 81.5 cm³/mol. The molecule has 1 N–H and O–H groups in total. The van der Waals surface area contributed by atoms with Crippen LogP contribution in [0.15, 0.2) is 47.4 Å². The van der Waals surface area contributed by atoms with Crippen molar-refractivity contribution < 1.29 is 17.3 Å². The molecule has 112 valence electrons. The molecule has 0 saturated carbocycles. The average Bonchev–Trinajstić information content (AvgIpc) is 2.92. The number of nitrogens with zero attached hydrogens (tertiary/aromatic N) is 2. The molecule has 0 fully saturated rings. The van der Waals surface area contributed by atoms with E-state index in [2.05, 4.69) is 20.2 Å². The highest BCUT2D eigenvalue weighted by Crippen LogP contribution is 2.15. The molecule has 0 aliphatic carbocycles. The third kappa shape index (κ3) is 2.82. The Morgan fingerprint density at radius 2 is 1.67 bits per heavy atom. The number of fused-ring (bicyclic) bond motifs is 3. The normalized spacial score (nSPS) is 11.2. The van der Waals surface area contributed by atoms with Gasteiger partial charge in [0.25, 0.3) is 5.56 Å². The minimum atomic E-state index is 0. The van der Waals surface area contributed by atoms with Gasteiger partial charge in [0, 0.05) is 19.2 Å². The lowest BCUT2D eigenvalue weighted by Crippen LogP contribution is -3.05. The highest BCUT2D eigenvalue weighted by molar-refractivity contribution is 5.78. The van der Waals surface area contributed by atoms with E-state index >= 15 is 0 Å². The van der Waals surface area contributed by atoms with Crippen molar-refractivity contribution in [2.24, 2.45) is 0 Å². The van der Waals surface area contributed by atoms with Crippen molar-refractivity contribution in [1.82, 2.24) is 8.97 Å². The topological polar surface area (TPSA) is 30.9 Å². The molecule has 5 heteroatoms. The Kier molecular flexibility index (Phi) is 4.70. The standard InChI is InChI=1S/C16H19N3O.ClH/c1-17(2)10-6-12-19-14-8-4-3-7-13(14)18-11-5-9-15(18)16(19)20;/h3-5,7-9,11H,6,10,12H2,1-2H3;1H. The highest BCUT2D eigenvalue weighted by Gasteiger charge is 2.09. The maximum atomic E-state index is 12.6. The minimum Gasteiger partial charge on any atom is -1.00 e. The first-order valence-corrected chi connectivity index (χ1v) is 7.06. The van der Waals surface area contributed by atoms with Crippen LogP contribution in [0.1, 0.15) is 6.42 Å². The first kappa shape index (κ1) is 15.6. The van der Waals surface area contributed by atoms with E-state index in [1.807, 2.05) is 45.5 Å². The number of halogens is 1. The highest BCUT2D eigenvalue weighted by atomic mass is 35.5. The molecule has 4 nitrogen and oxygen atoms in total. The van der Waals surface area contributed by atoms with E-state index in [9.17, 15) is 4.79 Å². The van der Waals surface area contributed by atoms with Gasteiger partial charge in [-0.3, -0.25) is 4.79 Å². The number of hydrogen-bond donors (Lipinski definition) is 1. The minimum absolute atomic E-state index is 0. The lowest BCUT2D eigenvalue weighted by molar-refractivity contribution is -0.858. The molecule has 0 atom stereocenters. The molecule has 0 unspecified atom stereocenters. The summed E-state index contributed by atoms with van der Waals surface area (Å²) >= 11 is 0. The Morgan fingerprint density at radius 3 is 2.38 bits per heavy atom. The van der Waals surface area contributed by atoms with Gasteiger partial charge in [0.15, 0.2) is 0 Å². The largest absolute Gasteiger partial charge is 1.00 e. The van der Waals surface area contributed by atoms with Crippen LogP contribution in [0, 0.1) is 0 Å². The van der Waals surface area contributed by atoms with Crippen LogP contribution in [0.5, 0.6) is 0 Å². The predicted octanol–water partition coefficient (Wildman–Crippen LogP) is -2.21. The number of hydrogen-bond acceptors (Lipinski definition) is 1. The van der Waals surface area contributed by atoms with E-state index in [-0.39, 0.29) is 18.0 Å². The summed E-state index contributed by atoms with van der Waals surface area (Å²) < 4.78 is 3.89. The first-order valence-electron chi connectivity index (χ1n) is 7.06. The number of quaternary nitrogens is 1. The van der Waals surface area contributed by atoms with E-state index in [1.165, 1.54) is 4.90 Å². The molecular formula is C16H20ClN3O. The molecule has 0 saturated heterocycles. The number of aryl methyl sites for hydroxylation is 1. The van der Waals surface area contributed by atoms with E-state index in [1.54, 1.807) is 0 Å². The Morgan fingerprint density at radius 1 is 1.00 bits per heavy atom. The van der Waals surface area contributed by atoms with Crippen molar-refractivity contribution in [2.45, 2.75) is 13.0 Å². The molecule has 3 aromatic rings. The zero-order chi connectivity index (χ0) is 14.1. The van der Waals surface area contributed by atoms with Crippen molar-refractivity contribution in [3.8, 4) is 0 Å². The second-order valence-corrected chi connectivity index (χ2v) is 5.52. The van der Waals surface area contributed by atoms with Crippen molar-refractivity contribution in [2.75, 3.05) is 20.6 Å². The molecule has 2 heterocycles. The fourth-order valence-corrected chi connectivity index (χ4v) is 2.72. The number of aromatic nitrogens is 2. The van der Waals surface area contributed by atoms with Crippen molar-refractivity contribution in [3.05, 3.63) is 52.9 Å². The molecule has 0 radical (unpaired) electrons. The SMILES string of the molecule is C[NH+](C)CCCn1c(=O)c2cccn2c2ccccc21.[Cl-]. The summed E-state index contributed by atoms with van der Waals surface area (Å²) in [5, 5.41) is 0. The fourth-order valence-electron chi connectivity index (χ4n) is 2.72. The molecule has 0 amide bonds. The smallest absolute Gasteiger partial charge is 0.275 e. The molecule has 0 aliphatic rings. The van der Waals surface area contributed by atoms with Crippen LogP contribution in [0.25, 0.3) is 16.6 Å². The van der Waals surface area contributed by atoms with Gasteiger partial charge in [0.2, 0.25) is 0 Å². The zero-order valence-electron chi connectivity index (χ0n) is 12.3. The van der Waals surface area contributed by atoms with Gasteiger partial charge in [-0.05, 0) is 24.3 Å². The van der Waals surface area contributed by atoms with Crippen molar-refractivity contribution in [1.29, 1.82) is 0 Å². The van der Waals surface area contributed by atoms with Crippen LogP contribution < -0.4 is 22.9 Å². The van der Waals surface area contributed by atoms with Crippen molar-refractivity contribution in [3.63, 3.8) is 0 Å². The molecule has 0 bridgehead atoms. The Labute approximate surface area is 130 Å². The number of nitrogens with one attached hydrogen (secondary N) is 1. The summed E-state index contributed by atoms with van der Waals surface area (Å²) in [4.78, 5) is 14.0. The second-order valence-electron chi connectivity index (χ2n) is 5.52. The number of benzene rings is 1. The lowest BCUT2D eigenvalue weighted by atomic mass is 10.2. The summed E-state index contributed by atoms with van der Waals surface area (Å²) in [5.41, 5.74) is 2.95. The molecule has 0 spiro atoms. The van der Waals surface area contributed by atoms with Crippen LogP contribution in [0.2, 0.25) is 0 Å². The average molecular weight is 306 g/mol. The van der Waals surface area contributed by atoms with Gasteiger partial charge in [-0.25, -0.2) is 0 Å². The van der Waals surface area contributed by atoms with Gasteiger partial charge in [-0.1, -0.05) is 12.1 Å². The van der Waals surface area contributed by atoms with Gasteiger partial charge in [-0.15, -0.1) is 0 Å². The van der Waals surface area contributed by atoms with Gasteiger partial charge in [-0.2, -0.15) is 0 Å². The van der Waals surface area contributed by atoms with Gasteiger partial charge in [0.05, 0.1) is 31.7 Å². The summed E-state index contributed by atoms with van der Waals surface area (Å²) in [6, 6.07) is 11.9. The summed E-state index contributed by atoms with van der Waals surface area (Å²) in [6.07, 6.45) is 2.95. The van der Waals surface area contributed by atoms with Gasteiger partial charge >= 0.3 is 0 Å². The summed E-state index contributed by atoms with van der Waals surface area (Å²) in [5.74, 6) is 0. The van der Waals surface area contributed by atoms with Crippen LogP contribution in [-0.4, -0.2) is 29.6 Å². The van der Waals surface area contributed by atoms with Crippen LogP contribution in [0.3, 0.4) is 0 Å². The maximum Gasteiger partial charge on any atom is 0.275 e.